The average Bonchev–Trinajstić information content (AvgIpc) is 3.30. The van der Waals surface area contributed by atoms with Crippen molar-refractivity contribution in [2.75, 3.05) is 5.73 Å². The smallest absolute Gasteiger partial charge is 0.293 e. The maximum absolute atomic E-state index is 12.1. The minimum absolute atomic E-state index is 0.0316. The zero-order chi connectivity index (χ0) is 17.9. The number of aromatic nitrogens is 6. The van der Waals surface area contributed by atoms with Gasteiger partial charge in [-0.3, -0.25) is 9.78 Å². The van der Waals surface area contributed by atoms with Gasteiger partial charge in [-0.25, -0.2) is 10.1 Å². The molecule has 3 aromatic heterocycles. The van der Waals surface area contributed by atoms with E-state index in [-0.39, 0.29) is 17.3 Å². The lowest BCUT2D eigenvalue weighted by atomic mass is 10.1. The van der Waals surface area contributed by atoms with Crippen molar-refractivity contribution in [3.63, 3.8) is 0 Å². The van der Waals surface area contributed by atoms with E-state index in [0.29, 0.717) is 0 Å². The highest BCUT2D eigenvalue weighted by atomic mass is 16.6. The van der Waals surface area contributed by atoms with Gasteiger partial charge < -0.3 is 5.73 Å². The first-order valence-corrected chi connectivity index (χ1v) is 7.40. The Kier molecular flexibility index (Phi) is 3.78. The molecular formula is C15H11N9O2. The number of fused-ring (bicyclic) bond motifs is 1. The van der Waals surface area contributed by atoms with Crippen LogP contribution in [0.15, 0.2) is 52.5 Å². The van der Waals surface area contributed by atoms with Gasteiger partial charge in [0.05, 0.1) is 17.9 Å². The number of rotatable bonds is 4. The van der Waals surface area contributed by atoms with Crippen molar-refractivity contribution in [1.82, 2.24) is 35.7 Å². The number of hydrazone groups is 1. The van der Waals surface area contributed by atoms with Crippen molar-refractivity contribution in [2.24, 2.45) is 5.10 Å². The van der Waals surface area contributed by atoms with Gasteiger partial charge in [0.2, 0.25) is 11.6 Å². The summed E-state index contributed by atoms with van der Waals surface area (Å²) < 4.78 is 5.66. The predicted molar refractivity (Wildman–Crippen MR) is 90.4 cm³/mol. The van der Waals surface area contributed by atoms with Crippen LogP contribution in [-0.4, -0.2) is 42.4 Å². The molecule has 1 amide bonds. The summed E-state index contributed by atoms with van der Waals surface area (Å²) in [5.41, 5.74) is 9.64. The zero-order valence-corrected chi connectivity index (χ0v) is 13.1. The van der Waals surface area contributed by atoms with E-state index in [4.69, 9.17) is 5.73 Å². The number of hydrogen-bond acceptors (Lipinski definition) is 9. The minimum atomic E-state index is -0.541. The lowest BCUT2D eigenvalue weighted by Crippen LogP contribution is -2.18. The van der Waals surface area contributed by atoms with Gasteiger partial charge in [0.1, 0.15) is 0 Å². The molecule has 0 spiro atoms. The van der Waals surface area contributed by atoms with Crippen LogP contribution < -0.4 is 11.2 Å². The van der Waals surface area contributed by atoms with E-state index < -0.39 is 5.91 Å². The first-order valence-electron chi connectivity index (χ1n) is 7.40. The van der Waals surface area contributed by atoms with E-state index in [1.807, 2.05) is 24.3 Å². The van der Waals surface area contributed by atoms with E-state index in [1.54, 1.807) is 12.3 Å². The number of nitrogen functional groups attached to an aromatic ring is 1. The summed E-state index contributed by atoms with van der Waals surface area (Å²) in [4.78, 5) is 16.4. The number of hydrogen-bond donors (Lipinski definition) is 2. The fraction of sp³-hybridized carbons (Fsp3) is 0. The number of carbonyl (C=O) groups excluding carboxylic acids is 1. The molecule has 4 rings (SSSR count). The number of amides is 1. The molecule has 11 heteroatoms. The molecule has 0 aliphatic heterocycles. The van der Waals surface area contributed by atoms with E-state index in [9.17, 15) is 4.79 Å². The van der Waals surface area contributed by atoms with Crippen LogP contribution in [-0.2, 0) is 0 Å². The zero-order valence-electron chi connectivity index (χ0n) is 13.1. The molecule has 0 bridgehead atoms. The number of para-hydroxylation sites is 1. The number of nitrogens with one attached hydrogen (secondary N) is 1. The fourth-order valence-electron chi connectivity index (χ4n) is 2.27. The molecule has 1 aromatic carbocycles. The molecule has 11 nitrogen and oxygen atoms in total. The summed E-state index contributed by atoms with van der Waals surface area (Å²) >= 11 is 0. The molecule has 4 aromatic rings. The van der Waals surface area contributed by atoms with Crippen molar-refractivity contribution in [2.45, 2.75) is 0 Å². The number of nitrogens with zero attached hydrogens (tertiary/aromatic N) is 7. The van der Waals surface area contributed by atoms with Gasteiger partial charge in [-0.2, -0.15) is 9.78 Å². The molecule has 0 aliphatic carbocycles. The van der Waals surface area contributed by atoms with Crippen LogP contribution in [0.25, 0.3) is 16.7 Å². The number of pyridine rings is 1. The molecule has 0 aliphatic rings. The molecule has 0 atom stereocenters. The third-order valence-corrected chi connectivity index (χ3v) is 3.49. The predicted octanol–water partition coefficient (Wildman–Crippen LogP) is 0.545. The standard InChI is InChI=1S/C15H11N9O2/c16-13-14(22-26-21-13)24-8-12(19-23-24)15(25)20-18-7-9-5-6-17-11-4-2-1-3-10(9)11/h1-8H,(H2,16,21)(H,20,25)/b18-7+. The van der Waals surface area contributed by atoms with Crippen LogP contribution in [0.1, 0.15) is 16.1 Å². The SMILES string of the molecule is Nc1nonc1-n1cc(C(=O)N/N=C/c2ccnc3ccccc23)nn1. The van der Waals surface area contributed by atoms with Crippen LogP contribution in [0.4, 0.5) is 5.82 Å². The van der Waals surface area contributed by atoms with Gasteiger partial charge in [-0.05, 0) is 22.4 Å². The van der Waals surface area contributed by atoms with Crippen LogP contribution in [0, 0.1) is 0 Å². The quantitative estimate of drug-likeness (QED) is 0.400. The number of anilines is 1. The van der Waals surface area contributed by atoms with Gasteiger partial charge >= 0.3 is 0 Å². The van der Waals surface area contributed by atoms with Crippen molar-refractivity contribution < 1.29 is 9.42 Å². The van der Waals surface area contributed by atoms with Crippen LogP contribution in [0.5, 0.6) is 0 Å². The van der Waals surface area contributed by atoms with Crippen molar-refractivity contribution >= 4 is 28.8 Å². The van der Waals surface area contributed by atoms with Crippen molar-refractivity contribution in [3.05, 3.63) is 54.0 Å². The van der Waals surface area contributed by atoms with E-state index in [1.165, 1.54) is 17.1 Å². The van der Waals surface area contributed by atoms with E-state index >= 15 is 0 Å². The normalized spacial score (nSPS) is 11.2. The maximum atomic E-state index is 12.1. The highest BCUT2D eigenvalue weighted by Crippen LogP contribution is 2.14. The first kappa shape index (κ1) is 15.4. The summed E-state index contributed by atoms with van der Waals surface area (Å²) in [5, 5.41) is 19.4. The Morgan fingerprint density at radius 2 is 2.15 bits per heavy atom. The highest BCUT2D eigenvalue weighted by Gasteiger charge is 2.15. The Bertz CT molecular complexity index is 1110. The number of nitrogens with two attached hydrogens (primary N) is 1. The van der Waals surface area contributed by atoms with Gasteiger partial charge in [0, 0.05) is 17.1 Å². The Hall–Kier alpha value is -4.15. The van der Waals surface area contributed by atoms with Gasteiger partial charge in [0.15, 0.2) is 5.69 Å². The lowest BCUT2D eigenvalue weighted by Gasteiger charge is -2.00. The molecule has 0 fully saturated rings. The van der Waals surface area contributed by atoms with E-state index in [0.717, 1.165) is 16.5 Å². The lowest BCUT2D eigenvalue weighted by molar-refractivity contribution is 0.0950. The number of carbonyl (C=O) groups is 1. The Labute approximate surface area is 145 Å². The van der Waals surface area contributed by atoms with Crippen molar-refractivity contribution in [1.29, 1.82) is 0 Å². The largest absolute Gasteiger partial charge is 0.378 e. The van der Waals surface area contributed by atoms with Crippen LogP contribution in [0.3, 0.4) is 0 Å². The molecule has 128 valence electrons. The Morgan fingerprint density at radius 1 is 1.27 bits per heavy atom. The Morgan fingerprint density at radius 3 is 3.00 bits per heavy atom. The first-order chi connectivity index (χ1) is 12.7. The summed E-state index contributed by atoms with van der Waals surface area (Å²) in [6.45, 7) is 0. The molecular weight excluding hydrogens is 338 g/mol. The second-order valence-electron chi connectivity index (χ2n) is 5.14. The third kappa shape index (κ3) is 2.84. The minimum Gasteiger partial charge on any atom is -0.378 e. The molecule has 0 radical (unpaired) electrons. The molecule has 0 saturated carbocycles. The topological polar surface area (TPSA) is 150 Å². The monoisotopic (exact) mass is 349 g/mol. The summed E-state index contributed by atoms with van der Waals surface area (Å²) in [7, 11) is 0. The second-order valence-corrected chi connectivity index (χ2v) is 5.14. The van der Waals surface area contributed by atoms with Crippen LogP contribution >= 0.6 is 0 Å². The van der Waals surface area contributed by atoms with Gasteiger partial charge in [0.25, 0.3) is 5.91 Å². The van der Waals surface area contributed by atoms with Gasteiger partial charge in [-0.1, -0.05) is 23.4 Å². The molecule has 0 saturated heterocycles. The average molecular weight is 349 g/mol. The van der Waals surface area contributed by atoms with E-state index in [2.05, 4.69) is 40.8 Å². The Balaban J connectivity index is 1.49. The summed E-state index contributed by atoms with van der Waals surface area (Å²) in [6, 6.07) is 9.43. The molecule has 0 unspecified atom stereocenters. The molecule has 26 heavy (non-hydrogen) atoms. The molecule has 3 heterocycles. The van der Waals surface area contributed by atoms with Crippen LogP contribution in [0.2, 0.25) is 0 Å². The maximum Gasteiger partial charge on any atom is 0.293 e. The fourth-order valence-corrected chi connectivity index (χ4v) is 2.27. The highest BCUT2D eigenvalue weighted by molar-refractivity contribution is 5.99. The third-order valence-electron chi connectivity index (χ3n) is 3.49. The number of benzene rings is 1. The second kappa shape index (κ2) is 6.39. The summed E-state index contributed by atoms with van der Waals surface area (Å²) in [6.07, 6.45) is 4.54. The summed E-state index contributed by atoms with van der Waals surface area (Å²) in [5.74, 6) is -0.367. The molecule has 3 N–H and O–H groups in total. The van der Waals surface area contributed by atoms with Gasteiger partial charge in [-0.15, -0.1) is 5.10 Å². The van der Waals surface area contributed by atoms with Crippen molar-refractivity contribution in [3.8, 4) is 5.82 Å².